The molecule has 40 heavy (non-hydrogen) atoms. The summed E-state index contributed by atoms with van der Waals surface area (Å²) in [5.74, 6) is -3.87. The average molecular weight is 577 g/mol. The Hall–Kier alpha value is -3.26. The van der Waals surface area contributed by atoms with Crippen molar-refractivity contribution < 1.29 is 36.7 Å². The van der Waals surface area contributed by atoms with E-state index in [0.717, 1.165) is 11.0 Å². The lowest BCUT2D eigenvalue weighted by Gasteiger charge is -2.39. The van der Waals surface area contributed by atoms with Crippen LogP contribution in [0.1, 0.15) is 47.2 Å². The van der Waals surface area contributed by atoms with Crippen molar-refractivity contribution in [2.24, 2.45) is 0 Å². The highest BCUT2D eigenvalue weighted by atomic mass is 32.2. The van der Waals surface area contributed by atoms with E-state index in [9.17, 15) is 27.9 Å². The third kappa shape index (κ3) is 5.02. The molecule has 2 aromatic rings. The van der Waals surface area contributed by atoms with Gasteiger partial charge >= 0.3 is 0 Å². The number of piperidine rings is 2. The average Bonchev–Trinajstić information content (AvgIpc) is 3.24. The molecule has 214 valence electrons. The van der Waals surface area contributed by atoms with Crippen molar-refractivity contribution in [1.29, 1.82) is 0 Å². The van der Waals surface area contributed by atoms with Crippen LogP contribution in [0.4, 0.5) is 8.78 Å². The first-order valence-electron chi connectivity index (χ1n) is 13.0. The molecule has 3 aliphatic heterocycles. The summed E-state index contributed by atoms with van der Waals surface area (Å²) in [4.78, 5) is 39.9. The number of fused-ring (bicyclic) bond motifs is 1. The van der Waals surface area contributed by atoms with Crippen molar-refractivity contribution >= 4 is 27.7 Å². The second-order valence-corrected chi connectivity index (χ2v) is 12.5. The second kappa shape index (κ2) is 10.6. The summed E-state index contributed by atoms with van der Waals surface area (Å²) in [7, 11) is -2.18. The van der Waals surface area contributed by atoms with Crippen LogP contribution in [-0.2, 0) is 31.8 Å². The van der Waals surface area contributed by atoms with Gasteiger partial charge in [-0.15, -0.1) is 0 Å². The molecule has 1 unspecified atom stereocenters. The topological polar surface area (TPSA) is 127 Å². The molecule has 0 spiro atoms. The molecule has 3 aliphatic rings. The summed E-state index contributed by atoms with van der Waals surface area (Å²) in [6.07, 6.45) is 0.116. The van der Waals surface area contributed by atoms with Crippen LogP contribution in [0.3, 0.4) is 0 Å². The van der Waals surface area contributed by atoms with E-state index in [2.05, 4.69) is 5.32 Å². The van der Waals surface area contributed by atoms with Gasteiger partial charge in [-0.1, -0.05) is 18.2 Å². The molecule has 3 amide bonds. The number of nitrogens with one attached hydrogen (secondary N) is 1. The Bertz CT molecular complexity index is 1460. The monoisotopic (exact) mass is 576 g/mol. The molecule has 3 heterocycles. The Labute approximate surface area is 230 Å². The number of hydrogen-bond donors (Lipinski definition) is 2. The van der Waals surface area contributed by atoms with Crippen LogP contribution in [0.5, 0.6) is 0 Å². The fourth-order valence-electron chi connectivity index (χ4n) is 5.63. The number of carbonyl (C=O) groups excluding carboxylic acids is 3. The van der Waals surface area contributed by atoms with Crippen LogP contribution in [0.2, 0.25) is 0 Å². The van der Waals surface area contributed by atoms with Crippen molar-refractivity contribution in [2.45, 2.75) is 48.8 Å². The van der Waals surface area contributed by atoms with Gasteiger partial charge in [0.25, 0.3) is 5.91 Å². The SMILES string of the molecule is CN(CCN1CCC(O)(c2c(F)cc3c(c2F)CN(C2CCC(=O)NC2=O)C3=O)CC1)S(=O)(=O)c1ccccc1. The van der Waals surface area contributed by atoms with Crippen molar-refractivity contribution in [3.63, 3.8) is 0 Å². The van der Waals surface area contributed by atoms with Gasteiger partial charge in [0.15, 0.2) is 0 Å². The standard InChI is InChI=1S/C27H30F2N4O6S/c1-31(40(38,39)17-5-3-2-4-6-17)13-14-32-11-9-27(37,10-12-32)23-20(28)15-18-19(24(23)29)16-33(26(18)36)21-7-8-22(34)30-25(21)35/h2-6,15,21,37H,7-14,16H2,1H3,(H,30,34,35). The van der Waals surface area contributed by atoms with Crippen LogP contribution in [0, 0.1) is 11.6 Å². The number of sulfonamides is 1. The number of carbonyl (C=O) groups is 3. The maximum atomic E-state index is 15.8. The molecule has 2 fully saturated rings. The zero-order valence-corrected chi connectivity index (χ0v) is 22.7. The molecule has 0 saturated carbocycles. The summed E-state index contributed by atoms with van der Waals surface area (Å²) < 4.78 is 57.8. The molecule has 13 heteroatoms. The molecule has 5 rings (SSSR count). The van der Waals surface area contributed by atoms with Crippen LogP contribution >= 0.6 is 0 Å². The lowest BCUT2D eigenvalue weighted by molar-refractivity contribution is -0.136. The first-order chi connectivity index (χ1) is 18.9. The smallest absolute Gasteiger partial charge is 0.255 e. The number of aliphatic hydroxyl groups is 1. The minimum atomic E-state index is -3.66. The van der Waals surface area contributed by atoms with Gasteiger partial charge < -0.3 is 14.9 Å². The van der Waals surface area contributed by atoms with Crippen molar-refractivity contribution in [3.05, 3.63) is 64.7 Å². The fraction of sp³-hybridized carbons (Fsp3) is 0.444. The molecule has 10 nitrogen and oxygen atoms in total. The van der Waals surface area contributed by atoms with Gasteiger partial charge in [-0.05, 0) is 37.5 Å². The predicted octanol–water partition coefficient (Wildman–Crippen LogP) is 1.33. The third-order valence-corrected chi connectivity index (χ3v) is 9.93. The van der Waals surface area contributed by atoms with Crippen LogP contribution in [0.25, 0.3) is 0 Å². The highest BCUT2D eigenvalue weighted by Crippen LogP contribution is 2.40. The van der Waals surface area contributed by atoms with Crippen molar-refractivity contribution in [2.75, 3.05) is 33.2 Å². The van der Waals surface area contributed by atoms with Crippen LogP contribution < -0.4 is 5.32 Å². The summed E-state index contributed by atoms with van der Waals surface area (Å²) >= 11 is 0. The Balaban J connectivity index is 1.26. The first-order valence-corrected chi connectivity index (χ1v) is 14.5. The van der Waals surface area contributed by atoms with E-state index in [1.54, 1.807) is 18.2 Å². The lowest BCUT2D eigenvalue weighted by atomic mass is 9.82. The minimum Gasteiger partial charge on any atom is -0.385 e. The summed E-state index contributed by atoms with van der Waals surface area (Å²) in [5.41, 5.74) is -2.62. The highest BCUT2D eigenvalue weighted by Gasteiger charge is 2.45. The van der Waals surface area contributed by atoms with E-state index in [1.165, 1.54) is 23.5 Å². The predicted molar refractivity (Wildman–Crippen MR) is 138 cm³/mol. The molecule has 0 aliphatic carbocycles. The molecule has 2 N–H and O–H groups in total. The normalized spacial score (nSPS) is 21.6. The molecule has 2 aromatic carbocycles. The molecule has 0 aromatic heterocycles. The molecular formula is C27H30F2N4O6S. The summed E-state index contributed by atoms with van der Waals surface area (Å²) in [6.45, 7) is 0.822. The van der Waals surface area contributed by atoms with Gasteiger partial charge in [-0.3, -0.25) is 19.7 Å². The number of benzene rings is 2. The summed E-state index contributed by atoms with van der Waals surface area (Å²) in [5, 5.41) is 13.5. The molecule has 2 saturated heterocycles. The number of likely N-dealkylation sites (N-methyl/N-ethyl adjacent to an activating group) is 1. The van der Waals surface area contributed by atoms with E-state index in [-0.39, 0.29) is 67.9 Å². The molecular weight excluding hydrogens is 546 g/mol. The Morgan fingerprint density at radius 3 is 2.45 bits per heavy atom. The third-order valence-electron chi connectivity index (χ3n) is 8.06. The maximum Gasteiger partial charge on any atom is 0.255 e. The zero-order chi connectivity index (χ0) is 28.8. The maximum absolute atomic E-state index is 15.8. The number of halogens is 2. The summed E-state index contributed by atoms with van der Waals surface area (Å²) in [6, 6.07) is 7.99. The number of hydrogen-bond acceptors (Lipinski definition) is 7. The molecule has 1 atom stereocenters. The number of amides is 3. The van der Waals surface area contributed by atoms with Gasteiger partial charge in [0, 0.05) is 45.2 Å². The molecule has 0 bridgehead atoms. The van der Waals surface area contributed by atoms with Gasteiger partial charge in [0.2, 0.25) is 21.8 Å². The number of imide groups is 1. The number of rotatable bonds is 7. The van der Waals surface area contributed by atoms with Gasteiger partial charge in [-0.2, -0.15) is 4.31 Å². The van der Waals surface area contributed by atoms with Gasteiger partial charge in [0.05, 0.1) is 28.2 Å². The van der Waals surface area contributed by atoms with E-state index in [1.807, 2.05) is 4.90 Å². The molecule has 0 radical (unpaired) electrons. The van der Waals surface area contributed by atoms with Crippen LogP contribution in [0.15, 0.2) is 41.3 Å². The van der Waals surface area contributed by atoms with Gasteiger partial charge in [0.1, 0.15) is 17.7 Å². The van der Waals surface area contributed by atoms with Crippen molar-refractivity contribution in [1.82, 2.24) is 19.4 Å². The highest BCUT2D eigenvalue weighted by molar-refractivity contribution is 7.89. The lowest BCUT2D eigenvalue weighted by Crippen LogP contribution is -2.52. The number of nitrogens with zero attached hydrogens (tertiary/aromatic N) is 3. The quantitative estimate of drug-likeness (QED) is 0.476. The second-order valence-electron chi connectivity index (χ2n) is 10.5. The first kappa shape index (κ1) is 28.3. The Morgan fingerprint density at radius 2 is 1.80 bits per heavy atom. The van der Waals surface area contributed by atoms with Crippen molar-refractivity contribution in [3.8, 4) is 0 Å². The Morgan fingerprint density at radius 1 is 1.12 bits per heavy atom. The van der Waals surface area contributed by atoms with Crippen LogP contribution in [-0.4, -0.2) is 84.6 Å². The van der Waals surface area contributed by atoms with E-state index < -0.39 is 56.6 Å². The zero-order valence-electron chi connectivity index (χ0n) is 21.9. The number of likely N-dealkylation sites (tertiary alicyclic amines) is 1. The van der Waals surface area contributed by atoms with E-state index in [0.29, 0.717) is 6.54 Å². The van der Waals surface area contributed by atoms with Gasteiger partial charge in [-0.25, -0.2) is 17.2 Å². The minimum absolute atomic E-state index is 0.000417. The van der Waals surface area contributed by atoms with E-state index in [4.69, 9.17) is 0 Å². The fourth-order valence-corrected chi connectivity index (χ4v) is 6.81. The Kier molecular flexibility index (Phi) is 7.50. The largest absolute Gasteiger partial charge is 0.385 e. The van der Waals surface area contributed by atoms with E-state index >= 15 is 8.78 Å².